The number of likely N-dealkylation sites (tertiary alicyclic amines) is 1. The van der Waals surface area contributed by atoms with Gasteiger partial charge in [-0.15, -0.1) is 0 Å². The van der Waals surface area contributed by atoms with E-state index in [-0.39, 0.29) is 33.2 Å². The Kier molecular flexibility index (Phi) is 8.20. The molecule has 2 aromatic carbocycles. The molecule has 1 N–H and O–H groups in total. The molecule has 2 aromatic rings. The minimum Gasteiger partial charge on any atom is -0.452 e. The number of nitrogens with zero attached hydrogens (tertiary/aromatic N) is 1. The number of sulfonamides is 1. The smallest absolute Gasteiger partial charge is 0.340 e. The number of esters is 1. The summed E-state index contributed by atoms with van der Waals surface area (Å²) in [5, 5.41) is -0.344. The molecular formula is C22H23Cl2FN2O5S. The lowest BCUT2D eigenvalue weighted by molar-refractivity contribution is -0.138. The largest absolute Gasteiger partial charge is 0.452 e. The molecule has 7 nitrogen and oxygen atoms in total. The van der Waals surface area contributed by atoms with Crippen LogP contribution in [-0.4, -0.2) is 44.4 Å². The molecule has 0 aromatic heterocycles. The van der Waals surface area contributed by atoms with Gasteiger partial charge in [-0.1, -0.05) is 30.1 Å². The molecule has 0 radical (unpaired) electrons. The standard InChI is InChI=1S/C22H23Cl2FN2O5S/c1-2-16-5-3-4-10-27(16)21(28)13-32-22(29)17-11-20(19(24)12-18(17)23)33(30,31)26-15-8-6-14(25)7-9-15/h6-9,11-12,16,26H,2-5,10,13H2,1H3. The van der Waals surface area contributed by atoms with Gasteiger partial charge in [-0.3, -0.25) is 9.52 Å². The predicted molar refractivity (Wildman–Crippen MR) is 124 cm³/mol. The summed E-state index contributed by atoms with van der Waals surface area (Å²) in [7, 11) is -4.23. The molecule has 0 aliphatic carbocycles. The molecule has 1 amide bonds. The third-order valence-electron chi connectivity index (χ3n) is 5.37. The molecule has 1 fully saturated rings. The average Bonchev–Trinajstić information content (AvgIpc) is 2.78. The van der Waals surface area contributed by atoms with Crippen molar-refractivity contribution in [2.45, 2.75) is 43.5 Å². The van der Waals surface area contributed by atoms with Crippen molar-refractivity contribution in [2.24, 2.45) is 0 Å². The second-order valence-corrected chi connectivity index (χ2v) is 10.1. The number of halogens is 3. The molecule has 0 saturated carbocycles. The van der Waals surface area contributed by atoms with Crippen molar-refractivity contribution in [1.82, 2.24) is 4.90 Å². The molecule has 0 spiro atoms. The average molecular weight is 517 g/mol. The fourth-order valence-electron chi connectivity index (χ4n) is 3.66. The molecular weight excluding hydrogens is 494 g/mol. The van der Waals surface area contributed by atoms with E-state index in [1.54, 1.807) is 4.90 Å². The lowest BCUT2D eigenvalue weighted by Gasteiger charge is -2.35. The van der Waals surface area contributed by atoms with Gasteiger partial charge in [0.1, 0.15) is 10.7 Å². The fraction of sp³-hybridized carbons (Fsp3) is 0.364. The zero-order chi connectivity index (χ0) is 24.2. The van der Waals surface area contributed by atoms with Crippen LogP contribution in [0.1, 0.15) is 43.0 Å². The molecule has 1 aliphatic heterocycles. The summed E-state index contributed by atoms with van der Waals surface area (Å²) >= 11 is 12.2. The van der Waals surface area contributed by atoms with Gasteiger partial charge in [-0.05, 0) is 62.1 Å². The Hall–Kier alpha value is -2.36. The van der Waals surface area contributed by atoms with Crippen molar-refractivity contribution < 1.29 is 27.1 Å². The van der Waals surface area contributed by atoms with E-state index in [0.717, 1.165) is 49.9 Å². The van der Waals surface area contributed by atoms with Gasteiger partial charge in [0.2, 0.25) is 0 Å². The van der Waals surface area contributed by atoms with Gasteiger partial charge in [-0.2, -0.15) is 0 Å². The van der Waals surface area contributed by atoms with Crippen molar-refractivity contribution in [1.29, 1.82) is 0 Å². The van der Waals surface area contributed by atoms with Crippen molar-refractivity contribution >= 4 is 50.8 Å². The first kappa shape index (κ1) is 25.3. The first-order chi connectivity index (χ1) is 15.6. The van der Waals surface area contributed by atoms with E-state index in [1.165, 1.54) is 12.1 Å². The third-order valence-corrected chi connectivity index (χ3v) is 7.53. The highest BCUT2D eigenvalue weighted by molar-refractivity contribution is 7.92. The van der Waals surface area contributed by atoms with Crippen molar-refractivity contribution in [3.05, 3.63) is 57.8 Å². The van der Waals surface area contributed by atoms with Crippen LogP contribution < -0.4 is 4.72 Å². The molecule has 1 saturated heterocycles. The van der Waals surface area contributed by atoms with E-state index in [9.17, 15) is 22.4 Å². The number of hydrogen-bond acceptors (Lipinski definition) is 5. The highest BCUT2D eigenvalue weighted by atomic mass is 35.5. The Balaban J connectivity index is 1.76. The number of carbonyl (C=O) groups excluding carboxylic acids is 2. The van der Waals surface area contributed by atoms with E-state index in [1.807, 2.05) is 6.92 Å². The summed E-state index contributed by atoms with van der Waals surface area (Å²) in [6.45, 7) is 2.12. The van der Waals surface area contributed by atoms with Crippen molar-refractivity contribution in [3.63, 3.8) is 0 Å². The van der Waals surface area contributed by atoms with Crippen LogP contribution in [0.15, 0.2) is 41.3 Å². The third kappa shape index (κ3) is 6.16. The number of piperidine rings is 1. The van der Waals surface area contributed by atoms with E-state index in [0.29, 0.717) is 6.54 Å². The van der Waals surface area contributed by atoms with Crippen molar-refractivity contribution in [3.8, 4) is 0 Å². The van der Waals surface area contributed by atoms with Crippen LogP contribution >= 0.6 is 23.2 Å². The van der Waals surface area contributed by atoms with Crippen LogP contribution in [0, 0.1) is 5.82 Å². The maximum Gasteiger partial charge on any atom is 0.340 e. The summed E-state index contributed by atoms with van der Waals surface area (Å²) in [5.41, 5.74) is -0.150. The minimum atomic E-state index is -4.23. The monoisotopic (exact) mass is 516 g/mol. The lowest BCUT2D eigenvalue weighted by atomic mass is 10.00. The summed E-state index contributed by atoms with van der Waals surface area (Å²) in [6.07, 6.45) is 3.65. The zero-order valence-electron chi connectivity index (χ0n) is 17.8. The van der Waals surface area contributed by atoms with Crippen LogP contribution in [-0.2, 0) is 19.6 Å². The topological polar surface area (TPSA) is 92.8 Å². The van der Waals surface area contributed by atoms with Crippen LogP contribution in [0.5, 0.6) is 0 Å². The number of amides is 1. The lowest BCUT2D eigenvalue weighted by Crippen LogP contribution is -2.45. The predicted octanol–water partition coefficient (Wildman–Crippen LogP) is 4.88. The summed E-state index contributed by atoms with van der Waals surface area (Å²) in [6, 6.07) is 6.86. The molecule has 3 rings (SSSR count). The summed E-state index contributed by atoms with van der Waals surface area (Å²) in [5.74, 6) is -1.80. The van der Waals surface area contributed by atoms with E-state index in [2.05, 4.69) is 4.72 Å². The van der Waals surface area contributed by atoms with Gasteiger partial charge in [0.05, 0.1) is 15.6 Å². The maximum atomic E-state index is 13.1. The highest BCUT2D eigenvalue weighted by Gasteiger charge is 2.27. The maximum absolute atomic E-state index is 13.1. The molecule has 178 valence electrons. The molecule has 11 heteroatoms. The Morgan fingerprint density at radius 1 is 1.15 bits per heavy atom. The van der Waals surface area contributed by atoms with Gasteiger partial charge in [0.25, 0.3) is 15.9 Å². The van der Waals surface area contributed by atoms with Crippen LogP contribution in [0.4, 0.5) is 10.1 Å². The molecule has 33 heavy (non-hydrogen) atoms. The van der Waals surface area contributed by atoms with E-state index < -0.39 is 33.3 Å². The van der Waals surface area contributed by atoms with E-state index >= 15 is 0 Å². The van der Waals surface area contributed by atoms with E-state index in [4.69, 9.17) is 27.9 Å². The second kappa shape index (κ2) is 10.7. The molecule has 1 atom stereocenters. The Labute approximate surface area is 201 Å². The first-order valence-electron chi connectivity index (χ1n) is 10.4. The number of anilines is 1. The van der Waals surface area contributed by atoms with Gasteiger partial charge in [0.15, 0.2) is 6.61 Å². The normalized spacial score (nSPS) is 16.4. The summed E-state index contributed by atoms with van der Waals surface area (Å²) < 4.78 is 46.1. The zero-order valence-corrected chi connectivity index (χ0v) is 20.1. The number of hydrogen-bond donors (Lipinski definition) is 1. The van der Waals surface area contributed by atoms with Crippen LogP contribution in [0.25, 0.3) is 0 Å². The summed E-state index contributed by atoms with van der Waals surface area (Å²) in [4.78, 5) is 26.5. The number of carbonyl (C=O) groups is 2. The molecule has 0 bridgehead atoms. The van der Waals surface area contributed by atoms with Crippen molar-refractivity contribution in [2.75, 3.05) is 17.9 Å². The minimum absolute atomic E-state index is 0.101. The van der Waals surface area contributed by atoms with Crippen LogP contribution in [0.2, 0.25) is 10.0 Å². The number of nitrogens with one attached hydrogen (secondary N) is 1. The number of benzene rings is 2. The van der Waals surface area contributed by atoms with Gasteiger partial charge in [-0.25, -0.2) is 17.6 Å². The quantitative estimate of drug-likeness (QED) is 0.529. The SMILES string of the molecule is CCC1CCCCN1C(=O)COC(=O)c1cc(S(=O)(=O)Nc2ccc(F)cc2)c(Cl)cc1Cl. The van der Waals surface area contributed by atoms with Gasteiger partial charge < -0.3 is 9.64 Å². The van der Waals surface area contributed by atoms with Gasteiger partial charge in [0, 0.05) is 18.3 Å². The Bertz CT molecular complexity index is 1140. The molecule has 1 heterocycles. The molecule has 1 aliphatic rings. The first-order valence-corrected chi connectivity index (χ1v) is 12.6. The van der Waals surface area contributed by atoms with Crippen LogP contribution in [0.3, 0.4) is 0 Å². The fourth-order valence-corrected chi connectivity index (χ4v) is 5.57. The van der Waals surface area contributed by atoms with Gasteiger partial charge >= 0.3 is 5.97 Å². The molecule has 1 unspecified atom stereocenters. The number of rotatable bonds is 7. The highest BCUT2D eigenvalue weighted by Crippen LogP contribution is 2.30. The Morgan fingerprint density at radius 2 is 1.85 bits per heavy atom. The number of ether oxygens (including phenoxy) is 1. The Morgan fingerprint density at radius 3 is 2.52 bits per heavy atom. The second-order valence-electron chi connectivity index (χ2n) is 7.60.